The first-order valence-corrected chi connectivity index (χ1v) is 8.90. The smallest absolute Gasteiger partial charge is 0.0802 e. The quantitative estimate of drug-likeness (QED) is 0.590. The molecule has 0 radical (unpaired) electrons. The molecule has 0 aliphatic carbocycles. The molecule has 20 heavy (non-hydrogen) atoms. The molecule has 1 unspecified atom stereocenters. The number of hydrogen-bond donors (Lipinski definition) is 4. The molecule has 0 saturated heterocycles. The topological polar surface area (TPSA) is 86.7 Å². The van der Waals surface area contributed by atoms with E-state index in [9.17, 15) is 14.2 Å². The number of hydrogen-bond acceptors (Lipinski definition) is 4. The van der Waals surface area contributed by atoms with Gasteiger partial charge in [-0.3, -0.25) is 9.11 Å². The fourth-order valence-electron chi connectivity index (χ4n) is 2.20. The molecule has 0 spiro atoms. The van der Waals surface area contributed by atoms with Gasteiger partial charge in [-0.15, -0.1) is 0 Å². The second-order valence-electron chi connectivity index (χ2n) is 5.18. The third kappa shape index (κ3) is 4.75. The fraction of sp³-hybridized carbons (Fsp3) is 0.600. The molecule has 0 aliphatic heterocycles. The maximum atomic E-state index is 10.4. The van der Waals surface area contributed by atoms with Crippen molar-refractivity contribution in [3.05, 3.63) is 29.8 Å². The molecule has 0 aliphatic rings. The van der Waals surface area contributed by atoms with Gasteiger partial charge in [0.15, 0.2) is 0 Å². The van der Waals surface area contributed by atoms with Gasteiger partial charge in [-0.05, 0) is 36.6 Å². The van der Waals surface area contributed by atoms with Crippen LogP contribution >= 0.6 is 10.6 Å². The van der Waals surface area contributed by atoms with Gasteiger partial charge in [0.2, 0.25) is 0 Å². The van der Waals surface area contributed by atoms with Crippen LogP contribution < -0.4 is 5.73 Å². The Bertz CT molecular complexity index is 408. The van der Waals surface area contributed by atoms with Crippen molar-refractivity contribution in [2.45, 2.75) is 44.1 Å². The van der Waals surface area contributed by atoms with Crippen LogP contribution in [0.4, 0.5) is 0 Å². The average molecular weight is 301 g/mol. The van der Waals surface area contributed by atoms with Crippen molar-refractivity contribution < 1.29 is 14.2 Å². The van der Waals surface area contributed by atoms with Crippen LogP contribution in [0.5, 0.6) is 0 Å². The second-order valence-corrected chi connectivity index (χ2v) is 7.32. The van der Waals surface area contributed by atoms with E-state index in [-0.39, 0.29) is 0 Å². The van der Waals surface area contributed by atoms with E-state index in [0.717, 1.165) is 12.8 Å². The van der Waals surface area contributed by atoms with Crippen molar-refractivity contribution in [1.82, 2.24) is 0 Å². The SMILES string of the molecule is CCC(CC)CS(O)(O)c1cccc(C(O)CCN)c1. The van der Waals surface area contributed by atoms with Gasteiger partial charge >= 0.3 is 0 Å². The highest BCUT2D eigenvalue weighted by Gasteiger charge is 2.21. The van der Waals surface area contributed by atoms with E-state index in [0.29, 0.717) is 35.1 Å². The maximum absolute atomic E-state index is 10.4. The number of rotatable bonds is 8. The van der Waals surface area contributed by atoms with Gasteiger partial charge in [-0.25, -0.2) is 0 Å². The van der Waals surface area contributed by atoms with E-state index in [1.165, 1.54) is 0 Å². The van der Waals surface area contributed by atoms with Gasteiger partial charge in [-0.1, -0.05) is 38.8 Å². The number of aliphatic hydroxyl groups excluding tert-OH is 1. The minimum Gasteiger partial charge on any atom is -0.388 e. The summed E-state index contributed by atoms with van der Waals surface area (Å²) < 4.78 is 20.8. The lowest BCUT2D eigenvalue weighted by atomic mass is 10.1. The monoisotopic (exact) mass is 301 g/mol. The Morgan fingerprint density at radius 1 is 1.20 bits per heavy atom. The van der Waals surface area contributed by atoms with Gasteiger partial charge in [0.25, 0.3) is 0 Å². The van der Waals surface area contributed by atoms with Crippen molar-refractivity contribution in [3.8, 4) is 0 Å². The van der Waals surface area contributed by atoms with Crippen LogP contribution in [0.15, 0.2) is 29.2 Å². The Morgan fingerprint density at radius 3 is 2.40 bits per heavy atom. The molecule has 116 valence electrons. The Hall–Kier alpha value is -0.590. The van der Waals surface area contributed by atoms with Crippen LogP contribution in [0.3, 0.4) is 0 Å². The molecule has 0 heterocycles. The first kappa shape index (κ1) is 17.5. The molecular weight excluding hydrogens is 274 g/mol. The summed E-state index contributed by atoms with van der Waals surface area (Å²) in [4.78, 5) is 0.512. The number of benzene rings is 1. The molecule has 1 aromatic rings. The predicted molar refractivity (Wildman–Crippen MR) is 85.1 cm³/mol. The van der Waals surface area contributed by atoms with Crippen molar-refractivity contribution >= 4 is 10.6 Å². The average Bonchev–Trinajstić information content (AvgIpc) is 2.45. The zero-order chi connectivity index (χ0) is 15.2. The molecule has 1 aromatic carbocycles. The summed E-state index contributed by atoms with van der Waals surface area (Å²) in [6.45, 7) is 4.52. The van der Waals surface area contributed by atoms with Crippen molar-refractivity contribution in [2.75, 3.05) is 12.3 Å². The Balaban J connectivity index is 2.91. The summed E-state index contributed by atoms with van der Waals surface area (Å²) in [5, 5.41) is 9.95. The second kappa shape index (κ2) is 8.00. The molecule has 4 nitrogen and oxygen atoms in total. The lowest BCUT2D eigenvalue weighted by Crippen LogP contribution is -2.13. The highest BCUT2D eigenvalue weighted by molar-refractivity contribution is 8.24. The van der Waals surface area contributed by atoms with E-state index in [2.05, 4.69) is 13.8 Å². The van der Waals surface area contributed by atoms with Gasteiger partial charge in [0, 0.05) is 5.75 Å². The zero-order valence-electron chi connectivity index (χ0n) is 12.3. The van der Waals surface area contributed by atoms with Crippen LogP contribution in [0.1, 0.15) is 44.8 Å². The summed E-state index contributed by atoms with van der Waals surface area (Å²) in [5.41, 5.74) is 6.13. The highest BCUT2D eigenvalue weighted by atomic mass is 32.3. The molecule has 0 saturated carbocycles. The predicted octanol–water partition coefficient (Wildman–Crippen LogP) is 3.61. The number of nitrogens with two attached hydrogens (primary N) is 1. The molecule has 5 heteroatoms. The minimum absolute atomic E-state index is 0.303. The van der Waals surface area contributed by atoms with Crippen LogP contribution in [0, 0.1) is 5.92 Å². The molecule has 0 fully saturated rings. The van der Waals surface area contributed by atoms with E-state index >= 15 is 0 Å². The highest BCUT2D eigenvalue weighted by Crippen LogP contribution is 2.50. The van der Waals surface area contributed by atoms with Crippen LogP contribution in [0.2, 0.25) is 0 Å². The van der Waals surface area contributed by atoms with E-state index in [1.54, 1.807) is 24.3 Å². The van der Waals surface area contributed by atoms with Crippen LogP contribution in [0.25, 0.3) is 0 Å². The molecule has 0 amide bonds. The van der Waals surface area contributed by atoms with Crippen molar-refractivity contribution in [1.29, 1.82) is 0 Å². The molecular formula is C15H27NO3S. The molecule has 0 aromatic heterocycles. The Labute approximate surface area is 123 Å². The molecule has 0 bridgehead atoms. The van der Waals surface area contributed by atoms with Crippen molar-refractivity contribution in [3.63, 3.8) is 0 Å². The largest absolute Gasteiger partial charge is 0.388 e. The lowest BCUT2D eigenvalue weighted by molar-refractivity contribution is 0.170. The molecule has 5 N–H and O–H groups in total. The van der Waals surface area contributed by atoms with Gasteiger partial charge < -0.3 is 10.8 Å². The van der Waals surface area contributed by atoms with Crippen LogP contribution in [-0.2, 0) is 0 Å². The molecule has 1 rings (SSSR count). The Morgan fingerprint density at radius 2 is 1.85 bits per heavy atom. The lowest BCUT2D eigenvalue weighted by Gasteiger charge is -2.36. The Kier molecular flexibility index (Phi) is 6.99. The van der Waals surface area contributed by atoms with E-state index in [1.807, 2.05) is 0 Å². The minimum atomic E-state index is -2.80. The van der Waals surface area contributed by atoms with Gasteiger partial charge in [0.05, 0.1) is 11.0 Å². The first-order valence-electron chi connectivity index (χ1n) is 7.18. The van der Waals surface area contributed by atoms with Crippen molar-refractivity contribution in [2.24, 2.45) is 11.7 Å². The van der Waals surface area contributed by atoms with Crippen LogP contribution in [-0.4, -0.2) is 26.5 Å². The summed E-state index contributed by atoms with van der Waals surface area (Å²) >= 11 is 0. The van der Waals surface area contributed by atoms with Gasteiger partial charge in [0.1, 0.15) is 0 Å². The van der Waals surface area contributed by atoms with E-state index < -0.39 is 16.7 Å². The number of aliphatic hydroxyl groups is 1. The maximum Gasteiger partial charge on any atom is 0.0802 e. The third-order valence-electron chi connectivity index (χ3n) is 3.68. The van der Waals surface area contributed by atoms with Gasteiger partial charge in [-0.2, -0.15) is 10.6 Å². The third-order valence-corrected chi connectivity index (χ3v) is 5.63. The summed E-state index contributed by atoms with van der Waals surface area (Å²) in [6.07, 6.45) is 1.68. The summed E-state index contributed by atoms with van der Waals surface area (Å²) in [6, 6.07) is 6.95. The summed E-state index contributed by atoms with van der Waals surface area (Å²) in [7, 11) is -2.80. The molecule has 1 atom stereocenters. The zero-order valence-corrected chi connectivity index (χ0v) is 13.1. The standard InChI is InChI=1S/C15H27NO3S/c1-3-12(4-2)11-20(18,19)14-7-5-6-13(10-14)15(17)8-9-16/h5-7,10,12,15,17-19H,3-4,8-9,11,16H2,1-2H3. The fourth-order valence-corrected chi connectivity index (χ4v) is 4.14. The summed E-state index contributed by atoms with van der Waals surface area (Å²) in [5.74, 6) is 0.689. The first-order chi connectivity index (χ1) is 9.44. The normalized spacial score (nSPS) is 14.6. The van der Waals surface area contributed by atoms with E-state index in [4.69, 9.17) is 5.73 Å².